The van der Waals surface area contributed by atoms with Crippen LogP contribution in [0.3, 0.4) is 0 Å². The summed E-state index contributed by atoms with van der Waals surface area (Å²) in [5.41, 5.74) is 0.781. The molecule has 1 aromatic carbocycles. The number of hydrogen-bond donors (Lipinski definition) is 2. The van der Waals surface area contributed by atoms with Gasteiger partial charge in [-0.1, -0.05) is 12.1 Å². The van der Waals surface area contributed by atoms with Crippen LogP contribution >= 0.6 is 0 Å². The Hall–Kier alpha value is -1.42. The van der Waals surface area contributed by atoms with E-state index in [0.717, 1.165) is 12.8 Å². The summed E-state index contributed by atoms with van der Waals surface area (Å²) in [6, 6.07) is 8.53. The first kappa shape index (κ1) is 14.0. The van der Waals surface area contributed by atoms with Crippen molar-refractivity contribution in [2.75, 3.05) is 13.2 Å². The van der Waals surface area contributed by atoms with E-state index in [1.807, 2.05) is 6.07 Å². The minimum atomic E-state index is -3.43. The third-order valence-corrected chi connectivity index (χ3v) is 4.67. The van der Waals surface area contributed by atoms with Crippen LogP contribution in [0.5, 0.6) is 0 Å². The van der Waals surface area contributed by atoms with E-state index in [2.05, 4.69) is 4.72 Å². The molecule has 6 heteroatoms. The Morgan fingerprint density at radius 1 is 1.42 bits per heavy atom. The largest absolute Gasteiger partial charge is 0.396 e. The minimum absolute atomic E-state index is 0.0133. The van der Waals surface area contributed by atoms with E-state index in [-0.39, 0.29) is 24.3 Å². The lowest BCUT2D eigenvalue weighted by atomic mass is 10.1. The van der Waals surface area contributed by atoms with Crippen molar-refractivity contribution in [2.24, 2.45) is 5.41 Å². The van der Waals surface area contributed by atoms with E-state index in [0.29, 0.717) is 11.1 Å². The molecule has 0 bridgehead atoms. The first-order chi connectivity index (χ1) is 8.99. The van der Waals surface area contributed by atoms with E-state index < -0.39 is 10.0 Å². The molecule has 0 radical (unpaired) electrons. The van der Waals surface area contributed by atoms with E-state index in [1.165, 1.54) is 0 Å². The summed E-state index contributed by atoms with van der Waals surface area (Å²) in [6.07, 6.45) is 1.71. The van der Waals surface area contributed by atoms with Crippen LogP contribution < -0.4 is 4.72 Å². The number of rotatable bonds is 6. The zero-order valence-corrected chi connectivity index (χ0v) is 11.3. The predicted octanol–water partition coefficient (Wildman–Crippen LogP) is 0.750. The SMILES string of the molecule is N#Cc1cccc(CS(=O)(=O)NCC2(CO)CC2)c1. The van der Waals surface area contributed by atoms with Gasteiger partial charge in [0.15, 0.2) is 0 Å². The number of aliphatic hydroxyl groups excluding tert-OH is 1. The molecule has 0 atom stereocenters. The summed E-state index contributed by atoms with van der Waals surface area (Å²) in [5, 5.41) is 17.9. The van der Waals surface area contributed by atoms with Crippen LogP contribution in [0.2, 0.25) is 0 Å². The Morgan fingerprint density at radius 3 is 2.74 bits per heavy atom. The second-order valence-corrected chi connectivity index (χ2v) is 6.86. The van der Waals surface area contributed by atoms with Gasteiger partial charge in [0.2, 0.25) is 10.0 Å². The zero-order chi connectivity index (χ0) is 13.9. The highest BCUT2D eigenvalue weighted by Crippen LogP contribution is 2.44. The smallest absolute Gasteiger partial charge is 0.215 e. The molecule has 19 heavy (non-hydrogen) atoms. The second-order valence-electron chi connectivity index (χ2n) is 5.05. The lowest BCUT2D eigenvalue weighted by molar-refractivity contribution is 0.213. The maximum absolute atomic E-state index is 11.9. The number of sulfonamides is 1. The molecule has 5 nitrogen and oxygen atoms in total. The molecule has 2 rings (SSSR count). The fraction of sp³-hybridized carbons (Fsp3) is 0.462. The van der Waals surface area contributed by atoms with Gasteiger partial charge in [-0.25, -0.2) is 13.1 Å². The van der Waals surface area contributed by atoms with Crippen LogP contribution in [-0.2, 0) is 15.8 Å². The van der Waals surface area contributed by atoms with Crippen LogP contribution in [0, 0.1) is 16.7 Å². The molecule has 1 saturated carbocycles. The van der Waals surface area contributed by atoms with Crippen molar-refractivity contribution >= 4 is 10.0 Å². The number of nitriles is 1. The van der Waals surface area contributed by atoms with Crippen molar-refractivity contribution in [3.8, 4) is 6.07 Å². The minimum Gasteiger partial charge on any atom is -0.396 e. The van der Waals surface area contributed by atoms with E-state index in [4.69, 9.17) is 10.4 Å². The van der Waals surface area contributed by atoms with Gasteiger partial charge in [-0.2, -0.15) is 5.26 Å². The van der Waals surface area contributed by atoms with Gasteiger partial charge in [0.25, 0.3) is 0 Å². The van der Waals surface area contributed by atoms with Gasteiger partial charge in [-0.15, -0.1) is 0 Å². The van der Waals surface area contributed by atoms with Crippen LogP contribution in [0.4, 0.5) is 0 Å². The Kier molecular flexibility index (Phi) is 3.90. The molecular formula is C13H16N2O3S. The molecule has 1 aliphatic rings. The van der Waals surface area contributed by atoms with Gasteiger partial charge in [0.05, 0.1) is 17.4 Å². The molecule has 1 aromatic rings. The summed E-state index contributed by atoms with van der Waals surface area (Å²) >= 11 is 0. The third-order valence-electron chi connectivity index (χ3n) is 3.37. The van der Waals surface area contributed by atoms with E-state index in [1.54, 1.807) is 24.3 Å². The lowest BCUT2D eigenvalue weighted by Crippen LogP contribution is -2.32. The van der Waals surface area contributed by atoms with E-state index >= 15 is 0 Å². The molecular weight excluding hydrogens is 264 g/mol. The van der Waals surface area contributed by atoms with Crippen molar-refractivity contribution in [3.63, 3.8) is 0 Å². The average molecular weight is 280 g/mol. The number of hydrogen-bond acceptors (Lipinski definition) is 4. The van der Waals surface area contributed by atoms with Gasteiger partial charge in [0, 0.05) is 18.6 Å². The number of nitrogens with one attached hydrogen (secondary N) is 1. The third kappa shape index (κ3) is 3.77. The lowest BCUT2D eigenvalue weighted by Gasteiger charge is -2.13. The van der Waals surface area contributed by atoms with Crippen LogP contribution in [-0.4, -0.2) is 26.7 Å². The molecule has 0 saturated heterocycles. The molecule has 1 fully saturated rings. The van der Waals surface area contributed by atoms with Gasteiger partial charge >= 0.3 is 0 Å². The van der Waals surface area contributed by atoms with Gasteiger partial charge in [-0.3, -0.25) is 0 Å². The summed E-state index contributed by atoms with van der Waals surface area (Å²) in [6.45, 7) is 0.295. The first-order valence-electron chi connectivity index (χ1n) is 6.06. The van der Waals surface area contributed by atoms with Crippen LogP contribution in [0.1, 0.15) is 24.0 Å². The highest BCUT2D eigenvalue weighted by atomic mass is 32.2. The van der Waals surface area contributed by atoms with Gasteiger partial charge in [0.1, 0.15) is 0 Å². The summed E-state index contributed by atoms with van der Waals surface area (Å²) < 4.78 is 26.4. The zero-order valence-electron chi connectivity index (χ0n) is 10.5. The molecule has 0 heterocycles. The standard InChI is InChI=1S/C13H16N2O3S/c14-7-11-2-1-3-12(6-11)8-19(17,18)15-9-13(10-16)4-5-13/h1-3,6,15-16H,4-5,8-10H2. The quantitative estimate of drug-likeness (QED) is 0.804. The topological polar surface area (TPSA) is 90.2 Å². The van der Waals surface area contributed by atoms with Crippen molar-refractivity contribution < 1.29 is 13.5 Å². The summed E-state index contributed by atoms with van der Waals surface area (Å²) in [5.74, 6) is -0.149. The Balaban J connectivity index is 1.98. The van der Waals surface area contributed by atoms with Crippen molar-refractivity contribution in [3.05, 3.63) is 35.4 Å². The Bertz CT molecular complexity index is 601. The average Bonchev–Trinajstić information content (AvgIpc) is 3.17. The predicted molar refractivity (Wildman–Crippen MR) is 70.5 cm³/mol. The molecule has 1 aliphatic carbocycles. The first-order valence-corrected chi connectivity index (χ1v) is 7.71. The summed E-state index contributed by atoms with van der Waals surface area (Å²) in [4.78, 5) is 0. The maximum atomic E-state index is 11.9. The van der Waals surface area contributed by atoms with E-state index in [9.17, 15) is 8.42 Å². The summed E-state index contributed by atoms with van der Waals surface area (Å²) in [7, 11) is -3.43. The van der Waals surface area contributed by atoms with Crippen molar-refractivity contribution in [1.29, 1.82) is 5.26 Å². The fourth-order valence-electron chi connectivity index (χ4n) is 1.83. The monoisotopic (exact) mass is 280 g/mol. The number of nitrogens with zero attached hydrogens (tertiary/aromatic N) is 1. The number of aliphatic hydroxyl groups is 1. The van der Waals surface area contributed by atoms with Crippen LogP contribution in [0.25, 0.3) is 0 Å². The van der Waals surface area contributed by atoms with Crippen molar-refractivity contribution in [1.82, 2.24) is 4.72 Å². The molecule has 0 unspecified atom stereocenters. The highest BCUT2D eigenvalue weighted by Gasteiger charge is 2.42. The van der Waals surface area contributed by atoms with Crippen molar-refractivity contribution in [2.45, 2.75) is 18.6 Å². The van der Waals surface area contributed by atoms with Gasteiger partial charge in [-0.05, 0) is 30.5 Å². The maximum Gasteiger partial charge on any atom is 0.215 e. The number of benzene rings is 1. The Morgan fingerprint density at radius 2 is 2.16 bits per heavy atom. The second kappa shape index (κ2) is 5.29. The fourth-order valence-corrected chi connectivity index (χ4v) is 3.08. The molecule has 2 N–H and O–H groups in total. The molecule has 102 valence electrons. The Labute approximate surface area is 112 Å². The molecule has 0 aromatic heterocycles. The van der Waals surface area contributed by atoms with Crippen LogP contribution in [0.15, 0.2) is 24.3 Å². The molecule has 0 aliphatic heterocycles. The normalized spacial score (nSPS) is 16.8. The molecule has 0 spiro atoms. The van der Waals surface area contributed by atoms with Gasteiger partial charge < -0.3 is 5.11 Å². The highest BCUT2D eigenvalue weighted by molar-refractivity contribution is 7.88. The molecule has 0 amide bonds.